The second-order valence-corrected chi connectivity index (χ2v) is 5.97. The summed E-state index contributed by atoms with van der Waals surface area (Å²) in [7, 11) is 1.62. The Kier molecular flexibility index (Phi) is 8.32. The summed E-state index contributed by atoms with van der Waals surface area (Å²) in [4.78, 5) is 24.9. The zero-order valence-corrected chi connectivity index (χ0v) is 15.8. The van der Waals surface area contributed by atoms with Crippen LogP contribution in [0.3, 0.4) is 0 Å². The zero-order valence-electron chi connectivity index (χ0n) is 15.8. The maximum Gasteiger partial charge on any atom is 0.255 e. The number of rotatable bonds is 10. The highest BCUT2D eigenvalue weighted by atomic mass is 16.5. The molecule has 0 aliphatic rings. The van der Waals surface area contributed by atoms with E-state index in [-0.39, 0.29) is 11.8 Å². The molecule has 2 rings (SSSR count). The molecule has 0 atom stereocenters. The number of carbonyl (C=O) groups is 2. The number of anilines is 1. The summed E-state index contributed by atoms with van der Waals surface area (Å²) in [6, 6.07) is 13.9. The van der Waals surface area contributed by atoms with Crippen LogP contribution in [0.4, 0.5) is 5.69 Å². The molecule has 6 nitrogen and oxygen atoms in total. The van der Waals surface area contributed by atoms with Gasteiger partial charge in [0, 0.05) is 25.8 Å². The lowest BCUT2D eigenvalue weighted by atomic mass is 10.1. The van der Waals surface area contributed by atoms with E-state index in [1.807, 2.05) is 6.92 Å². The lowest BCUT2D eigenvalue weighted by Crippen LogP contribution is -2.26. The van der Waals surface area contributed by atoms with Gasteiger partial charge in [-0.1, -0.05) is 19.1 Å². The van der Waals surface area contributed by atoms with Crippen molar-refractivity contribution < 1.29 is 19.1 Å². The Morgan fingerprint density at radius 1 is 0.963 bits per heavy atom. The van der Waals surface area contributed by atoms with E-state index in [2.05, 4.69) is 10.6 Å². The largest absolute Gasteiger partial charge is 0.494 e. The van der Waals surface area contributed by atoms with E-state index < -0.39 is 0 Å². The molecule has 0 unspecified atom stereocenters. The minimum atomic E-state index is -0.281. The fraction of sp³-hybridized carbons (Fsp3) is 0.333. The van der Waals surface area contributed by atoms with Gasteiger partial charge in [-0.15, -0.1) is 0 Å². The van der Waals surface area contributed by atoms with Crippen molar-refractivity contribution >= 4 is 17.5 Å². The molecule has 144 valence electrons. The van der Waals surface area contributed by atoms with Crippen LogP contribution in [-0.2, 0) is 4.74 Å². The van der Waals surface area contributed by atoms with Crippen LogP contribution < -0.4 is 15.4 Å². The van der Waals surface area contributed by atoms with Gasteiger partial charge in [-0.2, -0.15) is 0 Å². The molecule has 0 heterocycles. The van der Waals surface area contributed by atoms with E-state index >= 15 is 0 Å². The molecule has 0 aliphatic heterocycles. The third-order valence-electron chi connectivity index (χ3n) is 3.82. The van der Waals surface area contributed by atoms with Crippen LogP contribution in [0.2, 0.25) is 0 Å². The molecule has 0 radical (unpaired) electrons. The van der Waals surface area contributed by atoms with Gasteiger partial charge in [0.1, 0.15) is 5.75 Å². The van der Waals surface area contributed by atoms with E-state index in [0.29, 0.717) is 36.6 Å². The Balaban J connectivity index is 2.02. The van der Waals surface area contributed by atoms with Crippen LogP contribution in [0.15, 0.2) is 48.5 Å². The van der Waals surface area contributed by atoms with Crippen molar-refractivity contribution in [2.24, 2.45) is 0 Å². The summed E-state index contributed by atoms with van der Waals surface area (Å²) in [5.41, 5.74) is 1.39. The molecule has 2 aromatic rings. The highest BCUT2D eigenvalue weighted by Crippen LogP contribution is 2.18. The summed E-state index contributed by atoms with van der Waals surface area (Å²) in [5, 5.41) is 5.63. The lowest BCUT2D eigenvalue weighted by Gasteiger charge is -2.12. The Hall–Kier alpha value is -2.86. The number of amides is 2. The average molecular weight is 370 g/mol. The second-order valence-electron chi connectivity index (χ2n) is 5.97. The molecule has 0 saturated carbocycles. The number of benzene rings is 2. The summed E-state index contributed by atoms with van der Waals surface area (Å²) < 4.78 is 10.5. The van der Waals surface area contributed by atoms with Crippen LogP contribution >= 0.6 is 0 Å². The first kappa shape index (κ1) is 20.5. The van der Waals surface area contributed by atoms with Crippen LogP contribution in [0.1, 0.15) is 40.5 Å². The van der Waals surface area contributed by atoms with Crippen LogP contribution in [0, 0.1) is 0 Å². The summed E-state index contributed by atoms with van der Waals surface area (Å²) in [6.07, 6.45) is 1.65. The Morgan fingerprint density at radius 2 is 1.70 bits per heavy atom. The van der Waals surface area contributed by atoms with E-state index in [1.165, 1.54) is 0 Å². The van der Waals surface area contributed by atoms with Crippen molar-refractivity contribution in [3.05, 3.63) is 59.7 Å². The number of carbonyl (C=O) groups excluding carboxylic acids is 2. The van der Waals surface area contributed by atoms with Crippen molar-refractivity contribution in [3.63, 3.8) is 0 Å². The Bertz CT molecular complexity index is 744. The summed E-state index contributed by atoms with van der Waals surface area (Å²) >= 11 is 0. The van der Waals surface area contributed by atoms with Gasteiger partial charge in [-0.3, -0.25) is 9.59 Å². The van der Waals surface area contributed by atoms with Gasteiger partial charge >= 0.3 is 0 Å². The third-order valence-corrected chi connectivity index (χ3v) is 3.82. The smallest absolute Gasteiger partial charge is 0.255 e. The molecular weight excluding hydrogens is 344 g/mol. The van der Waals surface area contributed by atoms with Gasteiger partial charge in [-0.05, 0) is 49.2 Å². The van der Waals surface area contributed by atoms with Gasteiger partial charge in [0.05, 0.1) is 17.9 Å². The number of ether oxygens (including phenoxy) is 2. The normalized spacial score (nSPS) is 10.3. The average Bonchev–Trinajstić information content (AvgIpc) is 2.70. The number of methoxy groups -OCH3 is 1. The molecule has 0 aliphatic carbocycles. The summed E-state index contributed by atoms with van der Waals surface area (Å²) in [6.45, 7) is 3.76. The van der Waals surface area contributed by atoms with Crippen LogP contribution in [0.5, 0.6) is 5.75 Å². The highest BCUT2D eigenvalue weighted by molar-refractivity contribution is 6.09. The standard InChI is InChI=1S/C21H26N2O4/c1-3-14-27-17-11-9-16(10-12-17)20(24)23-19-8-5-4-7-18(19)21(25)22-13-6-15-26-2/h4-5,7-12H,3,6,13-15H2,1-2H3,(H,22,25)(H,23,24). The van der Waals surface area contributed by atoms with Gasteiger partial charge in [0.15, 0.2) is 0 Å². The van der Waals surface area contributed by atoms with Crippen LogP contribution in [-0.4, -0.2) is 38.7 Å². The van der Waals surface area contributed by atoms with E-state index in [4.69, 9.17) is 9.47 Å². The van der Waals surface area contributed by atoms with Crippen molar-refractivity contribution in [3.8, 4) is 5.75 Å². The van der Waals surface area contributed by atoms with Gasteiger partial charge in [0.25, 0.3) is 11.8 Å². The molecule has 27 heavy (non-hydrogen) atoms. The molecule has 0 spiro atoms. The monoisotopic (exact) mass is 370 g/mol. The minimum Gasteiger partial charge on any atom is -0.494 e. The van der Waals surface area contributed by atoms with Crippen molar-refractivity contribution in [1.82, 2.24) is 5.32 Å². The maximum absolute atomic E-state index is 12.5. The van der Waals surface area contributed by atoms with Crippen molar-refractivity contribution in [1.29, 1.82) is 0 Å². The number of nitrogens with one attached hydrogen (secondary N) is 2. The van der Waals surface area contributed by atoms with E-state index in [9.17, 15) is 9.59 Å². The van der Waals surface area contributed by atoms with Crippen molar-refractivity contribution in [2.75, 3.05) is 32.2 Å². The SMILES string of the molecule is CCCOc1ccc(C(=O)Nc2ccccc2C(=O)NCCCOC)cc1. The molecular formula is C21H26N2O4. The quantitative estimate of drug-likeness (QED) is 0.628. The minimum absolute atomic E-state index is 0.231. The molecule has 0 fully saturated rings. The fourth-order valence-corrected chi connectivity index (χ4v) is 2.42. The molecule has 0 aromatic heterocycles. The first-order valence-corrected chi connectivity index (χ1v) is 9.06. The topological polar surface area (TPSA) is 76.7 Å². The van der Waals surface area contributed by atoms with E-state index in [1.54, 1.807) is 55.6 Å². The summed E-state index contributed by atoms with van der Waals surface area (Å²) in [5.74, 6) is 0.214. The molecule has 6 heteroatoms. The first-order chi connectivity index (χ1) is 13.2. The van der Waals surface area contributed by atoms with Gasteiger partial charge in [0.2, 0.25) is 0 Å². The molecule has 0 bridgehead atoms. The first-order valence-electron chi connectivity index (χ1n) is 9.06. The zero-order chi connectivity index (χ0) is 19.5. The highest BCUT2D eigenvalue weighted by Gasteiger charge is 2.14. The fourth-order valence-electron chi connectivity index (χ4n) is 2.42. The molecule has 2 N–H and O–H groups in total. The number of hydrogen-bond donors (Lipinski definition) is 2. The molecule has 0 saturated heterocycles. The number of hydrogen-bond acceptors (Lipinski definition) is 4. The van der Waals surface area contributed by atoms with E-state index in [0.717, 1.165) is 18.6 Å². The van der Waals surface area contributed by atoms with Gasteiger partial charge < -0.3 is 20.1 Å². The van der Waals surface area contributed by atoms with Crippen LogP contribution in [0.25, 0.3) is 0 Å². The van der Waals surface area contributed by atoms with Crippen molar-refractivity contribution in [2.45, 2.75) is 19.8 Å². The van der Waals surface area contributed by atoms with Gasteiger partial charge in [-0.25, -0.2) is 0 Å². The second kappa shape index (κ2) is 11.0. The Labute approximate surface area is 159 Å². The Morgan fingerprint density at radius 3 is 2.41 bits per heavy atom. The lowest BCUT2D eigenvalue weighted by molar-refractivity contribution is 0.0949. The number of para-hydroxylation sites is 1. The third kappa shape index (κ3) is 6.42. The predicted octanol–water partition coefficient (Wildman–Crippen LogP) is 3.49. The molecule has 2 aromatic carbocycles. The maximum atomic E-state index is 12.5. The molecule has 2 amide bonds. The predicted molar refractivity (Wildman–Crippen MR) is 105 cm³/mol.